The number of fused-ring (bicyclic) bond motifs is 1. The molecule has 0 radical (unpaired) electrons. The molecule has 7 heteroatoms. The van der Waals surface area contributed by atoms with E-state index in [1.165, 1.54) is 10.4 Å². The molecule has 0 spiro atoms. The van der Waals surface area contributed by atoms with E-state index in [1.54, 1.807) is 11.3 Å². The molecule has 0 aliphatic carbocycles. The Morgan fingerprint density at radius 3 is 2.60 bits per heavy atom. The fraction of sp³-hybridized carbons (Fsp3) is 0.435. The highest BCUT2D eigenvalue weighted by atomic mass is 32.1. The molecule has 2 aromatic heterocycles. The molecule has 0 N–H and O–H groups in total. The molecular formula is C23H27N5OS. The predicted molar refractivity (Wildman–Crippen MR) is 122 cm³/mol. The standard InChI is InChI=1S/C23H27N5OS/c1-16-24-21(18-15-20(30-22(18)25-16)17-7-4-3-5-8-17)28-10-6-9-19(28)23(29)27-13-11-26(2)12-14-27/h3-5,7-8,15,19H,6,9-14H2,1-2H3/t19-/m0/s1. The number of nitrogens with zero attached hydrogens (tertiary/aromatic N) is 5. The van der Waals surface area contributed by atoms with Crippen LogP contribution in [0, 0.1) is 6.92 Å². The molecule has 2 fully saturated rings. The second-order valence-electron chi connectivity index (χ2n) is 8.27. The zero-order valence-corrected chi connectivity index (χ0v) is 18.4. The predicted octanol–water partition coefficient (Wildman–Crippen LogP) is 3.41. The van der Waals surface area contributed by atoms with Gasteiger partial charge in [0.15, 0.2) is 0 Å². The van der Waals surface area contributed by atoms with Crippen LogP contribution in [0.3, 0.4) is 0 Å². The third-order valence-corrected chi connectivity index (χ3v) is 7.25. The minimum Gasteiger partial charge on any atom is -0.344 e. The van der Waals surface area contributed by atoms with Gasteiger partial charge in [-0.15, -0.1) is 11.3 Å². The average molecular weight is 422 g/mol. The number of benzene rings is 1. The van der Waals surface area contributed by atoms with E-state index >= 15 is 0 Å². The summed E-state index contributed by atoms with van der Waals surface area (Å²) >= 11 is 1.70. The first-order chi connectivity index (χ1) is 14.6. The van der Waals surface area contributed by atoms with Crippen molar-refractivity contribution >= 4 is 33.3 Å². The molecule has 1 atom stereocenters. The van der Waals surface area contributed by atoms with Crippen LogP contribution in [0.25, 0.3) is 20.7 Å². The zero-order valence-electron chi connectivity index (χ0n) is 17.5. The molecular weight excluding hydrogens is 394 g/mol. The van der Waals surface area contributed by atoms with Crippen molar-refractivity contribution in [3.05, 3.63) is 42.2 Å². The summed E-state index contributed by atoms with van der Waals surface area (Å²) in [5.74, 6) is 1.93. The van der Waals surface area contributed by atoms with Crippen molar-refractivity contribution in [3.63, 3.8) is 0 Å². The fourth-order valence-corrected chi connectivity index (χ4v) is 5.57. The van der Waals surface area contributed by atoms with Gasteiger partial charge in [-0.2, -0.15) is 0 Å². The smallest absolute Gasteiger partial charge is 0.245 e. The van der Waals surface area contributed by atoms with Gasteiger partial charge < -0.3 is 14.7 Å². The molecule has 0 saturated carbocycles. The van der Waals surface area contributed by atoms with Crippen molar-refractivity contribution < 1.29 is 4.79 Å². The molecule has 1 aromatic carbocycles. The molecule has 156 valence electrons. The number of carbonyl (C=O) groups excluding carboxylic acids is 1. The summed E-state index contributed by atoms with van der Waals surface area (Å²) in [5, 5.41) is 1.06. The van der Waals surface area contributed by atoms with Crippen molar-refractivity contribution in [1.82, 2.24) is 19.8 Å². The number of piperazine rings is 1. The van der Waals surface area contributed by atoms with Gasteiger partial charge in [-0.25, -0.2) is 9.97 Å². The van der Waals surface area contributed by atoms with Crippen LogP contribution < -0.4 is 4.90 Å². The number of likely N-dealkylation sites (N-methyl/N-ethyl adjacent to an activating group) is 1. The van der Waals surface area contributed by atoms with Gasteiger partial charge >= 0.3 is 0 Å². The van der Waals surface area contributed by atoms with E-state index in [9.17, 15) is 4.79 Å². The van der Waals surface area contributed by atoms with E-state index in [1.807, 2.05) is 17.9 Å². The van der Waals surface area contributed by atoms with E-state index in [-0.39, 0.29) is 11.9 Å². The molecule has 0 unspecified atom stereocenters. The van der Waals surface area contributed by atoms with Gasteiger partial charge in [0.2, 0.25) is 5.91 Å². The summed E-state index contributed by atoms with van der Waals surface area (Å²) in [4.78, 5) is 31.6. The maximum atomic E-state index is 13.4. The van der Waals surface area contributed by atoms with Crippen LogP contribution in [0.1, 0.15) is 18.7 Å². The van der Waals surface area contributed by atoms with Crippen LogP contribution in [0.4, 0.5) is 5.82 Å². The maximum absolute atomic E-state index is 13.4. The van der Waals surface area contributed by atoms with Gasteiger partial charge in [0.25, 0.3) is 0 Å². The lowest BCUT2D eigenvalue weighted by Gasteiger charge is -2.36. The summed E-state index contributed by atoms with van der Waals surface area (Å²) in [6, 6.07) is 12.5. The molecule has 2 aliphatic rings. The van der Waals surface area contributed by atoms with Gasteiger partial charge in [-0.05, 0) is 38.4 Å². The van der Waals surface area contributed by atoms with Crippen LogP contribution >= 0.6 is 11.3 Å². The number of carbonyl (C=O) groups is 1. The lowest BCUT2D eigenvalue weighted by molar-refractivity contribution is -0.134. The average Bonchev–Trinajstić information content (AvgIpc) is 3.41. The Morgan fingerprint density at radius 1 is 1.07 bits per heavy atom. The van der Waals surface area contributed by atoms with Gasteiger partial charge in [-0.1, -0.05) is 30.3 Å². The zero-order chi connectivity index (χ0) is 20.7. The SMILES string of the molecule is Cc1nc(N2CCC[C@H]2C(=O)N2CCN(C)CC2)c2cc(-c3ccccc3)sc2n1. The lowest BCUT2D eigenvalue weighted by atomic mass is 10.1. The number of hydrogen-bond acceptors (Lipinski definition) is 6. The summed E-state index contributed by atoms with van der Waals surface area (Å²) in [5.41, 5.74) is 1.19. The molecule has 2 saturated heterocycles. The molecule has 0 bridgehead atoms. The Kier molecular flexibility index (Phi) is 5.16. The molecule has 1 amide bonds. The fourth-order valence-electron chi connectivity index (χ4n) is 4.49. The van der Waals surface area contributed by atoms with E-state index in [0.29, 0.717) is 0 Å². The normalized spacial score (nSPS) is 20.3. The summed E-state index contributed by atoms with van der Waals surface area (Å²) < 4.78 is 0. The lowest BCUT2D eigenvalue weighted by Crippen LogP contribution is -2.53. The van der Waals surface area contributed by atoms with Crippen LogP contribution in [-0.2, 0) is 4.79 Å². The van der Waals surface area contributed by atoms with Crippen molar-refractivity contribution in [3.8, 4) is 10.4 Å². The quantitative estimate of drug-likeness (QED) is 0.649. The molecule has 5 rings (SSSR count). The minimum atomic E-state index is -0.119. The largest absolute Gasteiger partial charge is 0.344 e. The Labute approximate surface area is 181 Å². The third kappa shape index (κ3) is 3.56. The van der Waals surface area contributed by atoms with Crippen molar-refractivity contribution in [2.45, 2.75) is 25.8 Å². The van der Waals surface area contributed by atoms with Crippen LogP contribution in [0.15, 0.2) is 36.4 Å². The van der Waals surface area contributed by atoms with Gasteiger partial charge in [-0.3, -0.25) is 4.79 Å². The van der Waals surface area contributed by atoms with Crippen molar-refractivity contribution in [2.24, 2.45) is 0 Å². The van der Waals surface area contributed by atoms with E-state index in [4.69, 9.17) is 9.97 Å². The number of anilines is 1. The molecule has 3 aromatic rings. The van der Waals surface area contributed by atoms with Crippen molar-refractivity contribution in [2.75, 3.05) is 44.7 Å². The topological polar surface area (TPSA) is 52.6 Å². The molecule has 30 heavy (non-hydrogen) atoms. The number of hydrogen-bond donors (Lipinski definition) is 0. The first-order valence-corrected chi connectivity index (χ1v) is 11.5. The minimum absolute atomic E-state index is 0.119. The Morgan fingerprint density at radius 2 is 1.83 bits per heavy atom. The second kappa shape index (κ2) is 7.96. The number of rotatable bonds is 3. The van der Waals surface area contributed by atoms with Crippen LogP contribution in [-0.4, -0.2) is 71.5 Å². The number of aryl methyl sites for hydroxylation is 1. The Bertz CT molecular complexity index is 1060. The number of amides is 1. The van der Waals surface area contributed by atoms with E-state index < -0.39 is 0 Å². The maximum Gasteiger partial charge on any atom is 0.245 e. The first-order valence-electron chi connectivity index (χ1n) is 10.7. The highest BCUT2D eigenvalue weighted by Crippen LogP contribution is 2.38. The molecule has 2 aliphatic heterocycles. The van der Waals surface area contributed by atoms with Crippen molar-refractivity contribution in [1.29, 1.82) is 0 Å². The molecule has 4 heterocycles. The van der Waals surface area contributed by atoms with E-state index in [0.717, 1.165) is 67.4 Å². The summed E-state index contributed by atoms with van der Waals surface area (Å²) in [6.45, 7) is 6.33. The summed E-state index contributed by atoms with van der Waals surface area (Å²) in [6.07, 6.45) is 1.91. The number of aromatic nitrogens is 2. The molecule has 6 nitrogen and oxygen atoms in total. The monoisotopic (exact) mass is 421 g/mol. The summed E-state index contributed by atoms with van der Waals surface area (Å²) in [7, 11) is 2.12. The van der Waals surface area contributed by atoms with Gasteiger partial charge in [0.05, 0.1) is 5.39 Å². The van der Waals surface area contributed by atoms with E-state index in [2.05, 4.69) is 47.2 Å². The Hall–Kier alpha value is -2.51. The highest BCUT2D eigenvalue weighted by molar-refractivity contribution is 7.21. The highest BCUT2D eigenvalue weighted by Gasteiger charge is 2.36. The van der Waals surface area contributed by atoms with Gasteiger partial charge in [0.1, 0.15) is 22.5 Å². The van der Waals surface area contributed by atoms with Gasteiger partial charge in [0, 0.05) is 37.6 Å². The number of thiophene rings is 1. The first kappa shape index (κ1) is 19.5. The Balaban J connectivity index is 1.50. The van der Waals surface area contributed by atoms with Crippen LogP contribution in [0.2, 0.25) is 0 Å². The second-order valence-corrected chi connectivity index (χ2v) is 9.30. The van der Waals surface area contributed by atoms with Crippen LogP contribution in [0.5, 0.6) is 0 Å². The third-order valence-electron chi connectivity index (χ3n) is 6.17.